The number of pyridine rings is 1. The van der Waals surface area contributed by atoms with E-state index in [0.717, 1.165) is 11.4 Å². The first-order valence-electron chi connectivity index (χ1n) is 6.29. The fraction of sp³-hybridized carbons (Fsp3) is 0.583. The fourth-order valence-corrected chi connectivity index (χ4v) is 2.96. The molecule has 1 aliphatic rings. The number of hydrogen-bond donors (Lipinski definition) is 1. The van der Waals surface area contributed by atoms with Crippen LogP contribution in [0.15, 0.2) is 18.3 Å². The highest BCUT2D eigenvalue weighted by Gasteiger charge is 2.23. The van der Waals surface area contributed by atoms with Crippen molar-refractivity contribution in [1.82, 2.24) is 9.29 Å². The van der Waals surface area contributed by atoms with E-state index in [4.69, 9.17) is 5.73 Å². The summed E-state index contributed by atoms with van der Waals surface area (Å²) in [6, 6.07) is 3.83. The molecule has 0 bridgehead atoms. The van der Waals surface area contributed by atoms with Gasteiger partial charge in [0.15, 0.2) is 0 Å². The molecule has 0 aliphatic carbocycles. The Bertz CT molecular complexity index is 519. The van der Waals surface area contributed by atoms with Gasteiger partial charge >= 0.3 is 0 Å². The third kappa shape index (κ3) is 3.43. The Balaban J connectivity index is 2.02. The molecule has 1 aliphatic heterocycles. The highest BCUT2D eigenvalue weighted by Crippen LogP contribution is 2.18. The van der Waals surface area contributed by atoms with Gasteiger partial charge in [-0.3, -0.25) is 4.98 Å². The Hall–Kier alpha value is -1.18. The molecular weight excluding hydrogens is 264 g/mol. The average molecular weight is 284 g/mol. The summed E-state index contributed by atoms with van der Waals surface area (Å²) < 4.78 is 24.4. The van der Waals surface area contributed by atoms with Crippen LogP contribution in [0.2, 0.25) is 0 Å². The van der Waals surface area contributed by atoms with Gasteiger partial charge in [-0.15, -0.1) is 0 Å². The van der Waals surface area contributed by atoms with E-state index in [-0.39, 0.29) is 6.04 Å². The van der Waals surface area contributed by atoms with Crippen LogP contribution in [0.25, 0.3) is 0 Å². The molecule has 106 valence electrons. The van der Waals surface area contributed by atoms with Crippen LogP contribution in [0.3, 0.4) is 0 Å². The quantitative estimate of drug-likeness (QED) is 0.856. The first kappa shape index (κ1) is 14.2. The van der Waals surface area contributed by atoms with Crippen LogP contribution in [0.1, 0.15) is 18.7 Å². The van der Waals surface area contributed by atoms with E-state index in [1.165, 1.54) is 10.6 Å². The number of nitrogens with two attached hydrogens (primary N) is 1. The number of anilines is 1. The van der Waals surface area contributed by atoms with Crippen molar-refractivity contribution < 1.29 is 8.42 Å². The van der Waals surface area contributed by atoms with E-state index < -0.39 is 10.0 Å². The van der Waals surface area contributed by atoms with Crippen LogP contribution in [0, 0.1) is 0 Å². The molecule has 0 radical (unpaired) electrons. The lowest BCUT2D eigenvalue weighted by Gasteiger charge is -2.34. The van der Waals surface area contributed by atoms with Crippen molar-refractivity contribution >= 4 is 15.7 Å². The van der Waals surface area contributed by atoms with E-state index in [2.05, 4.69) is 9.88 Å². The number of aromatic nitrogens is 1. The van der Waals surface area contributed by atoms with E-state index in [0.29, 0.717) is 26.2 Å². The second kappa shape index (κ2) is 5.44. The lowest BCUT2D eigenvalue weighted by Crippen LogP contribution is -2.48. The van der Waals surface area contributed by atoms with Crippen molar-refractivity contribution in [2.24, 2.45) is 5.73 Å². The van der Waals surface area contributed by atoms with Crippen molar-refractivity contribution in [3.05, 3.63) is 24.0 Å². The maximum atomic E-state index is 11.4. The lowest BCUT2D eigenvalue weighted by molar-refractivity contribution is 0.388. The first-order valence-corrected chi connectivity index (χ1v) is 8.14. The average Bonchev–Trinajstić information content (AvgIpc) is 2.38. The number of rotatable bonds is 3. The van der Waals surface area contributed by atoms with Gasteiger partial charge in [-0.2, -0.15) is 4.31 Å². The molecule has 19 heavy (non-hydrogen) atoms. The van der Waals surface area contributed by atoms with E-state index >= 15 is 0 Å². The van der Waals surface area contributed by atoms with Crippen molar-refractivity contribution in [1.29, 1.82) is 0 Å². The summed E-state index contributed by atoms with van der Waals surface area (Å²) in [6.45, 7) is 4.31. The summed E-state index contributed by atoms with van der Waals surface area (Å²) in [6.07, 6.45) is 3.05. The molecule has 1 fully saturated rings. The molecule has 1 aromatic heterocycles. The molecule has 2 N–H and O–H groups in total. The zero-order valence-corrected chi connectivity index (χ0v) is 12.1. The highest BCUT2D eigenvalue weighted by molar-refractivity contribution is 7.88. The predicted octanol–water partition coefficient (Wildman–Crippen LogP) is 0.183. The molecule has 0 amide bonds. The molecule has 0 spiro atoms. The van der Waals surface area contributed by atoms with Gasteiger partial charge in [-0.05, 0) is 19.1 Å². The molecule has 2 heterocycles. The topological polar surface area (TPSA) is 79.5 Å². The number of piperazine rings is 1. The molecule has 7 heteroatoms. The molecule has 1 unspecified atom stereocenters. The Labute approximate surface area is 114 Å². The molecule has 6 nitrogen and oxygen atoms in total. The molecule has 1 saturated heterocycles. The summed E-state index contributed by atoms with van der Waals surface area (Å²) in [7, 11) is -3.07. The van der Waals surface area contributed by atoms with Crippen molar-refractivity contribution in [2.75, 3.05) is 37.3 Å². The number of hydrogen-bond acceptors (Lipinski definition) is 5. The minimum Gasteiger partial charge on any atom is -0.368 e. The predicted molar refractivity (Wildman–Crippen MR) is 75.5 cm³/mol. The monoisotopic (exact) mass is 284 g/mol. The largest absolute Gasteiger partial charge is 0.368 e. The molecule has 1 atom stereocenters. The number of nitrogens with zero attached hydrogens (tertiary/aromatic N) is 3. The van der Waals surface area contributed by atoms with E-state index in [9.17, 15) is 8.42 Å². The molecule has 1 aromatic rings. The van der Waals surface area contributed by atoms with Crippen LogP contribution < -0.4 is 10.6 Å². The SMILES string of the molecule is CC(N)c1ccc(N2CCN(S(C)(=O)=O)CC2)cn1. The first-order chi connectivity index (χ1) is 8.88. The van der Waals surface area contributed by atoms with Gasteiger partial charge in [0.1, 0.15) is 0 Å². The Morgan fingerprint density at radius 1 is 1.26 bits per heavy atom. The summed E-state index contributed by atoms with van der Waals surface area (Å²) >= 11 is 0. The zero-order valence-electron chi connectivity index (χ0n) is 11.3. The smallest absolute Gasteiger partial charge is 0.211 e. The third-order valence-corrected chi connectivity index (χ3v) is 4.61. The Morgan fingerprint density at radius 2 is 1.89 bits per heavy atom. The van der Waals surface area contributed by atoms with Gasteiger partial charge in [0.25, 0.3) is 0 Å². The summed E-state index contributed by atoms with van der Waals surface area (Å²) in [5.41, 5.74) is 7.63. The zero-order chi connectivity index (χ0) is 14.0. The van der Waals surface area contributed by atoms with Crippen molar-refractivity contribution in [3.63, 3.8) is 0 Å². The Kier molecular flexibility index (Phi) is 4.07. The Morgan fingerprint density at radius 3 is 2.32 bits per heavy atom. The van der Waals surface area contributed by atoms with Gasteiger partial charge in [0.2, 0.25) is 10.0 Å². The normalized spacial score (nSPS) is 19.4. The van der Waals surface area contributed by atoms with Crippen LogP contribution in [0.5, 0.6) is 0 Å². The van der Waals surface area contributed by atoms with Crippen LogP contribution in [-0.4, -0.2) is 50.1 Å². The van der Waals surface area contributed by atoms with Gasteiger partial charge in [0.05, 0.1) is 23.8 Å². The minimum atomic E-state index is -3.07. The molecule has 0 saturated carbocycles. The van der Waals surface area contributed by atoms with Crippen LogP contribution in [0.4, 0.5) is 5.69 Å². The maximum Gasteiger partial charge on any atom is 0.211 e. The van der Waals surface area contributed by atoms with Gasteiger partial charge < -0.3 is 10.6 Å². The molecule has 0 aromatic carbocycles. The van der Waals surface area contributed by atoms with Crippen molar-refractivity contribution in [2.45, 2.75) is 13.0 Å². The van der Waals surface area contributed by atoms with Crippen LogP contribution in [-0.2, 0) is 10.0 Å². The standard InChI is InChI=1S/C12H20N4O2S/c1-10(13)12-4-3-11(9-14-12)15-5-7-16(8-6-15)19(2,17)18/h3-4,9-10H,5-8,13H2,1-2H3. The summed E-state index contributed by atoms with van der Waals surface area (Å²) in [5.74, 6) is 0. The molecular formula is C12H20N4O2S. The lowest BCUT2D eigenvalue weighted by atomic mass is 10.2. The second-order valence-corrected chi connectivity index (χ2v) is 6.86. The minimum absolute atomic E-state index is 0.0730. The fourth-order valence-electron chi connectivity index (χ4n) is 2.13. The van der Waals surface area contributed by atoms with Gasteiger partial charge in [-0.1, -0.05) is 0 Å². The summed E-state index contributed by atoms with van der Waals surface area (Å²) in [4.78, 5) is 6.46. The number of sulfonamides is 1. The molecule has 2 rings (SSSR count). The van der Waals surface area contributed by atoms with Crippen molar-refractivity contribution in [3.8, 4) is 0 Å². The maximum absolute atomic E-state index is 11.4. The van der Waals surface area contributed by atoms with Gasteiger partial charge in [0, 0.05) is 32.2 Å². The summed E-state index contributed by atoms with van der Waals surface area (Å²) in [5, 5.41) is 0. The highest BCUT2D eigenvalue weighted by atomic mass is 32.2. The van der Waals surface area contributed by atoms with E-state index in [1.807, 2.05) is 19.1 Å². The van der Waals surface area contributed by atoms with Crippen LogP contribution >= 0.6 is 0 Å². The second-order valence-electron chi connectivity index (χ2n) is 4.88. The van der Waals surface area contributed by atoms with Gasteiger partial charge in [-0.25, -0.2) is 8.42 Å². The third-order valence-electron chi connectivity index (χ3n) is 3.31. The van der Waals surface area contributed by atoms with E-state index in [1.54, 1.807) is 6.20 Å².